The normalized spacial score (nSPS) is 25.2. The zero-order valence-corrected chi connectivity index (χ0v) is 10.5. The van der Waals surface area contributed by atoms with Crippen molar-refractivity contribution in [2.24, 2.45) is 11.7 Å². The number of benzene rings is 1. The monoisotopic (exact) mass is 229 g/mol. The van der Waals surface area contributed by atoms with E-state index in [1.807, 2.05) is 0 Å². The second kappa shape index (κ2) is 6.61. The van der Waals surface area contributed by atoms with Crippen LogP contribution in [-0.4, -0.2) is 6.04 Å². The van der Waals surface area contributed by atoms with Crippen molar-refractivity contribution in [3.8, 4) is 0 Å². The SMILES string of the molecule is NC1CCC(C/C=C/Cc2ccccc2)CC1. The first-order valence-electron chi connectivity index (χ1n) is 6.79. The Bertz CT molecular complexity index is 334. The third-order valence-corrected chi connectivity index (χ3v) is 3.72. The lowest BCUT2D eigenvalue weighted by Gasteiger charge is -2.24. The topological polar surface area (TPSA) is 26.0 Å². The lowest BCUT2D eigenvalue weighted by atomic mass is 9.84. The molecule has 1 saturated carbocycles. The standard InChI is InChI=1S/C16H23N/c17-16-12-10-15(11-13-16)9-5-4-8-14-6-2-1-3-7-14/h1-7,15-16H,8-13,17H2/b5-4+. The van der Waals surface area contributed by atoms with Gasteiger partial charge in [0.1, 0.15) is 0 Å². The summed E-state index contributed by atoms with van der Waals surface area (Å²) in [6.45, 7) is 0. The van der Waals surface area contributed by atoms with Gasteiger partial charge in [-0.05, 0) is 50.0 Å². The fourth-order valence-corrected chi connectivity index (χ4v) is 2.55. The summed E-state index contributed by atoms with van der Waals surface area (Å²) in [7, 11) is 0. The number of rotatable bonds is 4. The minimum absolute atomic E-state index is 0.472. The van der Waals surface area contributed by atoms with Gasteiger partial charge >= 0.3 is 0 Å². The summed E-state index contributed by atoms with van der Waals surface area (Å²) in [4.78, 5) is 0. The predicted octanol–water partition coefficient (Wildman–Crippen LogP) is 3.69. The molecule has 1 aromatic carbocycles. The van der Waals surface area contributed by atoms with E-state index in [9.17, 15) is 0 Å². The molecule has 1 nitrogen and oxygen atoms in total. The molecule has 0 unspecified atom stereocenters. The Morgan fingerprint density at radius 1 is 1.00 bits per heavy atom. The third kappa shape index (κ3) is 4.35. The van der Waals surface area contributed by atoms with E-state index in [2.05, 4.69) is 42.5 Å². The van der Waals surface area contributed by atoms with Crippen LogP contribution in [-0.2, 0) is 6.42 Å². The van der Waals surface area contributed by atoms with E-state index in [-0.39, 0.29) is 0 Å². The molecular formula is C16H23N. The maximum atomic E-state index is 5.91. The van der Waals surface area contributed by atoms with Gasteiger partial charge < -0.3 is 5.73 Å². The van der Waals surface area contributed by atoms with Gasteiger partial charge in [-0.2, -0.15) is 0 Å². The van der Waals surface area contributed by atoms with Gasteiger partial charge in [-0.3, -0.25) is 0 Å². The van der Waals surface area contributed by atoms with Crippen molar-refractivity contribution in [3.05, 3.63) is 48.0 Å². The molecule has 1 aliphatic rings. The highest BCUT2D eigenvalue weighted by molar-refractivity contribution is 5.17. The number of hydrogen-bond acceptors (Lipinski definition) is 1. The summed E-state index contributed by atoms with van der Waals surface area (Å²) in [5.74, 6) is 0.877. The summed E-state index contributed by atoms with van der Waals surface area (Å²) in [5.41, 5.74) is 7.31. The van der Waals surface area contributed by atoms with E-state index in [4.69, 9.17) is 5.73 Å². The molecule has 0 radical (unpaired) electrons. The fourth-order valence-electron chi connectivity index (χ4n) is 2.55. The lowest BCUT2D eigenvalue weighted by molar-refractivity contribution is 0.328. The molecule has 0 spiro atoms. The van der Waals surface area contributed by atoms with Gasteiger partial charge in [0.25, 0.3) is 0 Å². The van der Waals surface area contributed by atoms with Crippen molar-refractivity contribution in [3.63, 3.8) is 0 Å². The van der Waals surface area contributed by atoms with Crippen LogP contribution in [0, 0.1) is 5.92 Å². The molecule has 1 aromatic rings. The first-order valence-corrected chi connectivity index (χ1v) is 6.79. The first kappa shape index (κ1) is 12.4. The second-order valence-corrected chi connectivity index (χ2v) is 5.18. The zero-order valence-electron chi connectivity index (χ0n) is 10.5. The molecule has 0 heterocycles. The Kier molecular flexibility index (Phi) is 4.81. The summed E-state index contributed by atoms with van der Waals surface area (Å²) in [5, 5.41) is 0. The molecule has 0 saturated heterocycles. The van der Waals surface area contributed by atoms with Gasteiger partial charge in [0.15, 0.2) is 0 Å². The Morgan fingerprint density at radius 3 is 2.41 bits per heavy atom. The average Bonchev–Trinajstić information content (AvgIpc) is 2.38. The predicted molar refractivity (Wildman–Crippen MR) is 73.8 cm³/mol. The molecule has 2 N–H and O–H groups in total. The molecular weight excluding hydrogens is 206 g/mol. The highest BCUT2D eigenvalue weighted by atomic mass is 14.6. The van der Waals surface area contributed by atoms with Crippen molar-refractivity contribution < 1.29 is 0 Å². The maximum absolute atomic E-state index is 5.91. The van der Waals surface area contributed by atoms with Gasteiger partial charge in [-0.15, -0.1) is 0 Å². The van der Waals surface area contributed by atoms with Crippen LogP contribution in [0.2, 0.25) is 0 Å². The van der Waals surface area contributed by atoms with Crippen LogP contribution >= 0.6 is 0 Å². The number of allylic oxidation sites excluding steroid dienone is 2. The Balaban J connectivity index is 1.68. The van der Waals surface area contributed by atoms with Crippen LogP contribution in [0.25, 0.3) is 0 Å². The highest BCUT2D eigenvalue weighted by Gasteiger charge is 2.16. The maximum Gasteiger partial charge on any atom is 0.00390 e. The van der Waals surface area contributed by atoms with Crippen molar-refractivity contribution in [2.75, 3.05) is 0 Å². The molecule has 0 atom stereocenters. The van der Waals surface area contributed by atoms with Gasteiger partial charge in [0.2, 0.25) is 0 Å². The summed E-state index contributed by atoms with van der Waals surface area (Å²) >= 11 is 0. The van der Waals surface area contributed by atoms with E-state index < -0.39 is 0 Å². The highest BCUT2D eigenvalue weighted by Crippen LogP contribution is 2.26. The second-order valence-electron chi connectivity index (χ2n) is 5.18. The molecule has 0 bridgehead atoms. The summed E-state index contributed by atoms with van der Waals surface area (Å²) in [6, 6.07) is 11.1. The van der Waals surface area contributed by atoms with Gasteiger partial charge in [-0.25, -0.2) is 0 Å². The molecule has 1 aliphatic carbocycles. The largest absolute Gasteiger partial charge is 0.328 e. The van der Waals surface area contributed by atoms with E-state index in [0.29, 0.717) is 6.04 Å². The van der Waals surface area contributed by atoms with E-state index in [1.165, 1.54) is 37.7 Å². The molecule has 0 amide bonds. The molecule has 92 valence electrons. The Labute approximate surface area is 105 Å². The van der Waals surface area contributed by atoms with Crippen LogP contribution in [0.4, 0.5) is 0 Å². The third-order valence-electron chi connectivity index (χ3n) is 3.72. The van der Waals surface area contributed by atoms with Crippen molar-refractivity contribution in [1.82, 2.24) is 0 Å². The minimum Gasteiger partial charge on any atom is -0.328 e. The Hall–Kier alpha value is -1.08. The number of hydrogen-bond donors (Lipinski definition) is 1. The molecule has 17 heavy (non-hydrogen) atoms. The summed E-state index contributed by atoms with van der Waals surface area (Å²) < 4.78 is 0. The fraction of sp³-hybridized carbons (Fsp3) is 0.500. The van der Waals surface area contributed by atoms with E-state index in [1.54, 1.807) is 0 Å². The Morgan fingerprint density at radius 2 is 1.71 bits per heavy atom. The molecule has 1 fully saturated rings. The average molecular weight is 229 g/mol. The van der Waals surface area contributed by atoms with Gasteiger partial charge in [0.05, 0.1) is 0 Å². The lowest BCUT2D eigenvalue weighted by Crippen LogP contribution is -2.26. The number of nitrogens with two attached hydrogens (primary N) is 1. The van der Waals surface area contributed by atoms with Crippen molar-refractivity contribution in [2.45, 2.75) is 44.6 Å². The van der Waals surface area contributed by atoms with Gasteiger partial charge in [0, 0.05) is 6.04 Å². The van der Waals surface area contributed by atoms with Crippen LogP contribution in [0.15, 0.2) is 42.5 Å². The van der Waals surface area contributed by atoms with E-state index in [0.717, 1.165) is 12.3 Å². The van der Waals surface area contributed by atoms with Gasteiger partial charge in [-0.1, -0.05) is 42.5 Å². The van der Waals surface area contributed by atoms with E-state index >= 15 is 0 Å². The minimum atomic E-state index is 0.472. The summed E-state index contributed by atoms with van der Waals surface area (Å²) in [6.07, 6.45) is 12.0. The molecule has 1 heteroatoms. The van der Waals surface area contributed by atoms with Crippen molar-refractivity contribution >= 4 is 0 Å². The smallest absolute Gasteiger partial charge is 0.00390 e. The van der Waals surface area contributed by atoms with Crippen LogP contribution in [0.3, 0.4) is 0 Å². The van der Waals surface area contributed by atoms with Crippen LogP contribution < -0.4 is 5.73 Å². The molecule has 0 aromatic heterocycles. The first-order chi connectivity index (χ1) is 8.34. The van der Waals surface area contributed by atoms with Crippen molar-refractivity contribution in [1.29, 1.82) is 0 Å². The molecule has 2 rings (SSSR count). The molecule has 0 aliphatic heterocycles. The zero-order chi connectivity index (χ0) is 11.9. The van der Waals surface area contributed by atoms with Crippen LogP contribution in [0.1, 0.15) is 37.7 Å². The quantitative estimate of drug-likeness (QED) is 0.783. The van der Waals surface area contributed by atoms with Crippen LogP contribution in [0.5, 0.6) is 0 Å².